The maximum Gasteiger partial charge on any atom is 0.0656 e. The lowest BCUT2D eigenvalue weighted by Crippen LogP contribution is -2.29. The number of benzene rings is 1. The number of rotatable bonds is 3. The van der Waals surface area contributed by atoms with Crippen LogP contribution in [0.5, 0.6) is 0 Å². The molecule has 0 atom stereocenters. The van der Waals surface area contributed by atoms with Crippen LogP contribution in [0.1, 0.15) is 12.5 Å². The lowest BCUT2D eigenvalue weighted by molar-refractivity contribution is 0.843. The number of nitrogens with zero attached hydrogens (tertiary/aromatic N) is 1. The Morgan fingerprint density at radius 3 is 2.67 bits per heavy atom. The monoisotopic (exact) mass is 164 g/mol. The quantitative estimate of drug-likeness (QED) is 0.689. The van der Waals surface area contributed by atoms with E-state index in [1.165, 1.54) is 11.3 Å². The summed E-state index contributed by atoms with van der Waals surface area (Å²) in [5, 5.41) is 0. The maximum atomic E-state index is 5.59. The summed E-state index contributed by atoms with van der Waals surface area (Å²) in [5.74, 6) is 0. The van der Waals surface area contributed by atoms with Gasteiger partial charge in [-0.2, -0.15) is 0 Å². The third-order valence-electron chi connectivity index (χ3n) is 1.97. The Bertz CT molecular complexity index is 241. The van der Waals surface area contributed by atoms with Crippen molar-refractivity contribution in [2.75, 3.05) is 18.1 Å². The first-order chi connectivity index (χ1) is 5.77. The zero-order chi connectivity index (χ0) is 8.97. The second-order valence-corrected chi connectivity index (χ2v) is 2.88. The fourth-order valence-corrected chi connectivity index (χ4v) is 1.24. The molecule has 0 saturated heterocycles. The molecule has 66 valence electrons. The summed E-state index contributed by atoms with van der Waals surface area (Å²) in [7, 11) is 0. The van der Waals surface area contributed by atoms with Gasteiger partial charge in [0.05, 0.1) is 6.67 Å². The van der Waals surface area contributed by atoms with Crippen LogP contribution >= 0.6 is 0 Å². The molecule has 2 N–H and O–H groups in total. The van der Waals surface area contributed by atoms with Gasteiger partial charge in [-0.1, -0.05) is 12.1 Å². The summed E-state index contributed by atoms with van der Waals surface area (Å²) in [4.78, 5) is 2.13. The Balaban J connectivity index is 2.85. The molecule has 0 aromatic heterocycles. The van der Waals surface area contributed by atoms with E-state index in [-0.39, 0.29) is 0 Å². The molecule has 0 aliphatic heterocycles. The summed E-state index contributed by atoms with van der Waals surface area (Å²) < 4.78 is 0. The van der Waals surface area contributed by atoms with Crippen molar-refractivity contribution < 1.29 is 0 Å². The summed E-state index contributed by atoms with van der Waals surface area (Å²) in [6.07, 6.45) is 0. The van der Waals surface area contributed by atoms with Crippen molar-refractivity contribution >= 4 is 5.69 Å². The van der Waals surface area contributed by atoms with Crippen molar-refractivity contribution in [3.8, 4) is 0 Å². The first kappa shape index (κ1) is 9.07. The van der Waals surface area contributed by atoms with E-state index in [4.69, 9.17) is 5.73 Å². The number of hydrogen-bond acceptors (Lipinski definition) is 2. The molecule has 1 aromatic carbocycles. The van der Waals surface area contributed by atoms with Gasteiger partial charge in [0.1, 0.15) is 0 Å². The minimum Gasteiger partial charge on any atom is -0.359 e. The predicted octanol–water partition coefficient (Wildman–Crippen LogP) is 1.74. The van der Waals surface area contributed by atoms with Crippen molar-refractivity contribution in [1.82, 2.24) is 0 Å². The van der Waals surface area contributed by atoms with Crippen LogP contribution in [0.25, 0.3) is 0 Å². The number of nitrogens with two attached hydrogens (primary N) is 1. The van der Waals surface area contributed by atoms with Gasteiger partial charge in [0.15, 0.2) is 0 Å². The second kappa shape index (κ2) is 4.12. The van der Waals surface area contributed by atoms with Crippen molar-refractivity contribution in [3.63, 3.8) is 0 Å². The van der Waals surface area contributed by atoms with Crippen molar-refractivity contribution in [3.05, 3.63) is 29.8 Å². The van der Waals surface area contributed by atoms with Gasteiger partial charge >= 0.3 is 0 Å². The molecular formula is C10H16N2. The Morgan fingerprint density at radius 2 is 2.17 bits per heavy atom. The summed E-state index contributed by atoms with van der Waals surface area (Å²) in [6, 6.07) is 8.39. The van der Waals surface area contributed by atoms with E-state index in [2.05, 4.69) is 43.0 Å². The van der Waals surface area contributed by atoms with Gasteiger partial charge in [0.2, 0.25) is 0 Å². The van der Waals surface area contributed by atoms with Crippen LogP contribution in [0.15, 0.2) is 24.3 Å². The molecule has 0 fully saturated rings. The molecule has 1 aromatic rings. The Labute approximate surface area is 74.0 Å². The van der Waals surface area contributed by atoms with Gasteiger partial charge in [-0.25, -0.2) is 0 Å². The fraction of sp³-hybridized carbons (Fsp3) is 0.400. The van der Waals surface area contributed by atoms with Gasteiger partial charge in [-0.15, -0.1) is 0 Å². The van der Waals surface area contributed by atoms with E-state index in [0.29, 0.717) is 6.67 Å². The van der Waals surface area contributed by atoms with Gasteiger partial charge in [0, 0.05) is 12.2 Å². The van der Waals surface area contributed by atoms with Crippen molar-refractivity contribution in [2.24, 2.45) is 5.73 Å². The molecule has 0 aliphatic carbocycles. The molecule has 12 heavy (non-hydrogen) atoms. The van der Waals surface area contributed by atoms with Crippen LogP contribution in [0.3, 0.4) is 0 Å². The van der Waals surface area contributed by atoms with E-state index in [1.54, 1.807) is 0 Å². The molecular weight excluding hydrogens is 148 g/mol. The highest BCUT2D eigenvalue weighted by molar-refractivity contribution is 5.47. The van der Waals surface area contributed by atoms with Crippen LogP contribution in [-0.4, -0.2) is 13.2 Å². The highest BCUT2D eigenvalue weighted by Crippen LogP contribution is 2.13. The van der Waals surface area contributed by atoms with Crippen LogP contribution < -0.4 is 10.6 Å². The first-order valence-electron chi connectivity index (χ1n) is 4.29. The zero-order valence-electron chi connectivity index (χ0n) is 7.75. The van der Waals surface area contributed by atoms with Gasteiger partial charge < -0.3 is 10.6 Å². The highest BCUT2D eigenvalue weighted by Gasteiger charge is 1.99. The molecule has 0 bridgehead atoms. The third-order valence-corrected chi connectivity index (χ3v) is 1.97. The van der Waals surface area contributed by atoms with Crippen LogP contribution in [0, 0.1) is 6.92 Å². The fourth-order valence-electron chi connectivity index (χ4n) is 1.24. The smallest absolute Gasteiger partial charge is 0.0656 e. The van der Waals surface area contributed by atoms with Gasteiger partial charge in [0.25, 0.3) is 0 Å². The lowest BCUT2D eigenvalue weighted by atomic mass is 10.2. The normalized spacial score (nSPS) is 9.92. The Hall–Kier alpha value is -1.02. The van der Waals surface area contributed by atoms with Crippen LogP contribution in [-0.2, 0) is 0 Å². The van der Waals surface area contributed by atoms with Crippen LogP contribution in [0.2, 0.25) is 0 Å². The second-order valence-electron chi connectivity index (χ2n) is 2.88. The average Bonchev–Trinajstić information content (AvgIpc) is 2.07. The predicted molar refractivity (Wildman–Crippen MR) is 53.3 cm³/mol. The molecule has 0 saturated carbocycles. The molecule has 0 amide bonds. The van der Waals surface area contributed by atoms with Crippen molar-refractivity contribution in [2.45, 2.75) is 13.8 Å². The molecule has 0 spiro atoms. The first-order valence-corrected chi connectivity index (χ1v) is 4.29. The number of aryl methyl sites for hydroxylation is 1. The van der Waals surface area contributed by atoms with Gasteiger partial charge in [-0.3, -0.25) is 0 Å². The van der Waals surface area contributed by atoms with Crippen LogP contribution in [0.4, 0.5) is 5.69 Å². The maximum absolute atomic E-state index is 5.59. The minimum atomic E-state index is 0.583. The topological polar surface area (TPSA) is 29.3 Å². The summed E-state index contributed by atoms with van der Waals surface area (Å²) in [5.41, 5.74) is 8.08. The molecule has 0 unspecified atom stereocenters. The molecule has 0 aliphatic rings. The molecule has 0 heterocycles. The third kappa shape index (κ3) is 1.98. The van der Waals surface area contributed by atoms with E-state index < -0.39 is 0 Å². The number of hydrogen-bond donors (Lipinski definition) is 1. The summed E-state index contributed by atoms with van der Waals surface area (Å²) >= 11 is 0. The van der Waals surface area contributed by atoms with E-state index in [0.717, 1.165) is 6.54 Å². The summed E-state index contributed by atoms with van der Waals surface area (Å²) in [6.45, 7) is 5.74. The standard InChI is InChI=1S/C10H16N2/c1-3-12(8-11)10-6-4-5-9(2)7-10/h4-7H,3,8,11H2,1-2H3. The molecule has 0 radical (unpaired) electrons. The zero-order valence-corrected chi connectivity index (χ0v) is 7.75. The number of anilines is 1. The minimum absolute atomic E-state index is 0.583. The van der Waals surface area contributed by atoms with Crippen molar-refractivity contribution in [1.29, 1.82) is 0 Å². The largest absolute Gasteiger partial charge is 0.359 e. The van der Waals surface area contributed by atoms with E-state index in [1.807, 2.05) is 0 Å². The SMILES string of the molecule is CCN(CN)c1cccc(C)c1. The van der Waals surface area contributed by atoms with Gasteiger partial charge in [-0.05, 0) is 31.5 Å². The highest BCUT2D eigenvalue weighted by atomic mass is 15.2. The Morgan fingerprint density at radius 1 is 1.42 bits per heavy atom. The lowest BCUT2D eigenvalue weighted by Gasteiger charge is -2.20. The average molecular weight is 164 g/mol. The Kier molecular flexibility index (Phi) is 3.11. The van der Waals surface area contributed by atoms with E-state index >= 15 is 0 Å². The van der Waals surface area contributed by atoms with E-state index in [9.17, 15) is 0 Å². The molecule has 2 nitrogen and oxygen atoms in total. The molecule has 1 rings (SSSR count). The molecule has 2 heteroatoms.